The molecule has 0 fully saturated rings. The maximum Gasteiger partial charge on any atom is 0.339 e. The maximum absolute atomic E-state index is 13.0. The van der Waals surface area contributed by atoms with Crippen molar-refractivity contribution in [2.45, 2.75) is 39.7 Å². The Morgan fingerprint density at radius 3 is 2.40 bits per heavy atom. The van der Waals surface area contributed by atoms with Crippen molar-refractivity contribution in [3.05, 3.63) is 89.2 Å². The van der Waals surface area contributed by atoms with Crippen LogP contribution in [0.15, 0.2) is 71.1 Å². The molecule has 0 bridgehead atoms. The van der Waals surface area contributed by atoms with Gasteiger partial charge in [-0.05, 0) is 47.7 Å². The Balaban J connectivity index is 1.61. The van der Waals surface area contributed by atoms with Crippen molar-refractivity contribution in [1.29, 1.82) is 0 Å². The molecule has 0 saturated carbocycles. The molecule has 0 N–H and O–H groups in total. The van der Waals surface area contributed by atoms with E-state index in [1.165, 1.54) is 5.56 Å². The smallest absolute Gasteiger partial charge is 0.339 e. The standard InChI is InChI=1S/C26H25NO3/c1-17-9-14-24(30-17)23-15-21(20-7-5-6-8-22(20)27-23)25(28)29-16-18-10-12-19(13-11-18)26(2,3)4/h5-15H,16H2,1-4H3. The number of benzene rings is 2. The summed E-state index contributed by atoms with van der Waals surface area (Å²) in [5.74, 6) is 1.05. The number of carbonyl (C=O) groups is 1. The van der Waals surface area contributed by atoms with E-state index in [1.807, 2.05) is 55.5 Å². The molecule has 0 amide bonds. The van der Waals surface area contributed by atoms with E-state index in [1.54, 1.807) is 6.07 Å². The molecule has 2 heterocycles. The molecule has 0 radical (unpaired) electrons. The molecular formula is C26H25NO3. The van der Waals surface area contributed by atoms with Gasteiger partial charge in [0, 0.05) is 5.39 Å². The number of aromatic nitrogens is 1. The van der Waals surface area contributed by atoms with Crippen molar-refractivity contribution in [3.63, 3.8) is 0 Å². The van der Waals surface area contributed by atoms with Crippen LogP contribution in [0.5, 0.6) is 0 Å². The lowest BCUT2D eigenvalue weighted by atomic mass is 9.87. The SMILES string of the molecule is Cc1ccc(-c2cc(C(=O)OCc3ccc(C(C)(C)C)cc3)c3ccccc3n2)o1. The van der Waals surface area contributed by atoms with Crippen molar-refractivity contribution in [2.75, 3.05) is 0 Å². The fourth-order valence-corrected chi connectivity index (χ4v) is 3.37. The number of aryl methyl sites for hydroxylation is 1. The fraction of sp³-hybridized carbons (Fsp3) is 0.231. The number of furan rings is 1. The highest BCUT2D eigenvalue weighted by Gasteiger charge is 2.17. The summed E-state index contributed by atoms with van der Waals surface area (Å²) in [5.41, 5.74) is 4.11. The summed E-state index contributed by atoms with van der Waals surface area (Å²) in [4.78, 5) is 17.6. The first-order valence-corrected chi connectivity index (χ1v) is 10.0. The number of hydrogen-bond acceptors (Lipinski definition) is 4. The lowest BCUT2D eigenvalue weighted by molar-refractivity contribution is 0.0475. The van der Waals surface area contributed by atoms with Crippen molar-refractivity contribution in [3.8, 4) is 11.5 Å². The lowest BCUT2D eigenvalue weighted by Gasteiger charge is -2.19. The van der Waals surface area contributed by atoms with Gasteiger partial charge in [0.05, 0.1) is 11.1 Å². The van der Waals surface area contributed by atoms with Crippen LogP contribution >= 0.6 is 0 Å². The van der Waals surface area contributed by atoms with Crippen molar-refractivity contribution in [1.82, 2.24) is 4.98 Å². The van der Waals surface area contributed by atoms with Crippen LogP contribution in [0.1, 0.15) is 48.0 Å². The zero-order valence-electron chi connectivity index (χ0n) is 17.7. The van der Waals surface area contributed by atoms with Crippen molar-refractivity contribution >= 4 is 16.9 Å². The molecule has 152 valence electrons. The van der Waals surface area contributed by atoms with Crippen LogP contribution in [0.2, 0.25) is 0 Å². The van der Waals surface area contributed by atoms with E-state index in [0.717, 1.165) is 22.2 Å². The Bertz CT molecular complexity index is 1200. The number of nitrogens with zero attached hydrogens (tertiary/aromatic N) is 1. The van der Waals surface area contributed by atoms with Gasteiger partial charge in [0.15, 0.2) is 5.76 Å². The molecule has 0 spiro atoms. The third kappa shape index (κ3) is 4.13. The second kappa shape index (κ2) is 7.79. The summed E-state index contributed by atoms with van der Waals surface area (Å²) in [5, 5.41) is 0.762. The number of carbonyl (C=O) groups excluding carboxylic acids is 1. The Labute approximate surface area is 176 Å². The molecule has 4 nitrogen and oxygen atoms in total. The lowest BCUT2D eigenvalue weighted by Crippen LogP contribution is -2.11. The van der Waals surface area contributed by atoms with E-state index in [4.69, 9.17) is 9.15 Å². The largest absolute Gasteiger partial charge is 0.460 e. The first-order valence-electron chi connectivity index (χ1n) is 10.0. The van der Waals surface area contributed by atoms with Crippen LogP contribution in [0.3, 0.4) is 0 Å². The molecule has 0 aliphatic heterocycles. The number of ether oxygens (including phenoxy) is 1. The van der Waals surface area contributed by atoms with Gasteiger partial charge in [-0.2, -0.15) is 0 Å². The van der Waals surface area contributed by atoms with E-state index < -0.39 is 0 Å². The summed E-state index contributed by atoms with van der Waals surface area (Å²) in [6.45, 7) is 8.62. The summed E-state index contributed by atoms with van der Waals surface area (Å²) in [6, 6.07) is 21.2. The molecule has 2 aromatic heterocycles. The molecule has 30 heavy (non-hydrogen) atoms. The highest BCUT2D eigenvalue weighted by Crippen LogP contribution is 2.27. The summed E-state index contributed by atoms with van der Waals surface area (Å²) < 4.78 is 11.4. The molecule has 2 aromatic carbocycles. The number of para-hydroxylation sites is 1. The van der Waals surface area contributed by atoms with Gasteiger partial charge in [0.2, 0.25) is 0 Å². The van der Waals surface area contributed by atoms with Gasteiger partial charge < -0.3 is 9.15 Å². The van der Waals surface area contributed by atoms with Gasteiger partial charge in [-0.25, -0.2) is 9.78 Å². The Morgan fingerprint density at radius 2 is 1.73 bits per heavy atom. The number of fused-ring (bicyclic) bond motifs is 1. The van der Waals surface area contributed by atoms with Gasteiger partial charge in [-0.3, -0.25) is 0 Å². The minimum Gasteiger partial charge on any atom is -0.460 e. The summed E-state index contributed by atoms with van der Waals surface area (Å²) in [6.07, 6.45) is 0. The van der Waals surface area contributed by atoms with Crippen LogP contribution in [-0.2, 0) is 16.8 Å². The van der Waals surface area contributed by atoms with Crippen LogP contribution in [0, 0.1) is 6.92 Å². The number of esters is 1. The molecular weight excluding hydrogens is 374 g/mol. The maximum atomic E-state index is 13.0. The first-order chi connectivity index (χ1) is 14.3. The highest BCUT2D eigenvalue weighted by atomic mass is 16.5. The van der Waals surface area contributed by atoms with E-state index in [9.17, 15) is 4.79 Å². The Morgan fingerprint density at radius 1 is 1.00 bits per heavy atom. The van der Waals surface area contributed by atoms with Gasteiger partial charge in [-0.15, -0.1) is 0 Å². The van der Waals surface area contributed by atoms with Crippen molar-refractivity contribution < 1.29 is 13.9 Å². The molecule has 4 heteroatoms. The van der Waals surface area contributed by atoms with Gasteiger partial charge >= 0.3 is 5.97 Å². The quantitative estimate of drug-likeness (QED) is 0.370. The minimum atomic E-state index is -0.377. The predicted molar refractivity (Wildman–Crippen MR) is 118 cm³/mol. The third-order valence-corrected chi connectivity index (χ3v) is 5.12. The van der Waals surface area contributed by atoms with E-state index in [-0.39, 0.29) is 18.0 Å². The zero-order valence-corrected chi connectivity index (χ0v) is 17.7. The third-order valence-electron chi connectivity index (χ3n) is 5.12. The second-order valence-electron chi connectivity index (χ2n) is 8.51. The van der Waals surface area contributed by atoms with Crippen LogP contribution < -0.4 is 0 Å². The average Bonchev–Trinajstić information content (AvgIpc) is 3.17. The van der Waals surface area contributed by atoms with Crippen molar-refractivity contribution in [2.24, 2.45) is 0 Å². The minimum absolute atomic E-state index is 0.0891. The molecule has 4 aromatic rings. The zero-order chi connectivity index (χ0) is 21.3. The summed E-state index contributed by atoms with van der Waals surface area (Å²) in [7, 11) is 0. The van der Waals surface area contributed by atoms with Crippen LogP contribution in [-0.4, -0.2) is 11.0 Å². The fourth-order valence-electron chi connectivity index (χ4n) is 3.37. The van der Waals surface area contributed by atoms with Gasteiger partial charge in [0.25, 0.3) is 0 Å². The average molecular weight is 399 g/mol. The number of pyridine rings is 1. The monoisotopic (exact) mass is 399 g/mol. The van der Waals surface area contributed by atoms with Crippen LogP contribution in [0.4, 0.5) is 0 Å². The molecule has 0 unspecified atom stereocenters. The van der Waals surface area contributed by atoms with E-state index in [0.29, 0.717) is 17.0 Å². The number of hydrogen-bond donors (Lipinski definition) is 0. The van der Waals surface area contributed by atoms with E-state index >= 15 is 0 Å². The topological polar surface area (TPSA) is 52.3 Å². The normalized spacial score (nSPS) is 11.6. The highest BCUT2D eigenvalue weighted by molar-refractivity contribution is 6.04. The summed E-state index contributed by atoms with van der Waals surface area (Å²) >= 11 is 0. The Kier molecular flexibility index (Phi) is 5.17. The van der Waals surface area contributed by atoms with E-state index in [2.05, 4.69) is 37.9 Å². The van der Waals surface area contributed by atoms with Gasteiger partial charge in [-0.1, -0.05) is 63.2 Å². The number of rotatable bonds is 4. The molecule has 0 atom stereocenters. The molecule has 4 rings (SSSR count). The predicted octanol–water partition coefficient (Wildman–Crippen LogP) is 6.46. The molecule has 0 aliphatic carbocycles. The van der Waals surface area contributed by atoms with Crippen LogP contribution in [0.25, 0.3) is 22.4 Å². The second-order valence-corrected chi connectivity index (χ2v) is 8.51. The molecule has 0 saturated heterocycles. The molecule has 0 aliphatic rings. The first kappa shape index (κ1) is 19.9. The Hall–Kier alpha value is -3.40. The van der Waals surface area contributed by atoms with Gasteiger partial charge in [0.1, 0.15) is 18.1 Å².